The molecule has 2 unspecified atom stereocenters. The van der Waals surface area contributed by atoms with Crippen molar-refractivity contribution in [2.75, 3.05) is 31.1 Å². The van der Waals surface area contributed by atoms with Gasteiger partial charge in [-0.3, -0.25) is 4.79 Å². The largest absolute Gasteiger partial charge is 0.423 e. The van der Waals surface area contributed by atoms with Crippen molar-refractivity contribution in [3.63, 3.8) is 0 Å². The minimum absolute atomic E-state index is 0.327. The van der Waals surface area contributed by atoms with Gasteiger partial charge in [-0.2, -0.15) is 4.98 Å². The van der Waals surface area contributed by atoms with E-state index >= 15 is 0 Å². The predicted molar refractivity (Wildman–Crippen MR) is 100 cm³/mol. The maximum Gasteiger partial charge on any atom is 0.298 e. The van der Waals surface area contributed by atoms with E-state index in [1.54, 1.807) is 0 Å². The molecule has 3 fully saturated rings. The van der Waals surface area contributed by atoms with Crippen molar-refractivity contribution >= 4 is 23.0 Å². The first-order valence-corrected chi connectivity index (χ1v) is 9.89. The summed E-state index contributed by atoms with van der Waals surface area (Å²) < 4.78 is 5.86. The number of carbonyl (C=O) groups is 1. The molecule has 5 rings (SSSR count). The fourth-order valence-electron chi connectivity index (χ4n) is 4.86. The van der Waals surface area contributed by atoms with Gasteiger partial charge in [0.25, 0.3) is 6.01 Å². The van der Waals surface area contributed by atoms with Crippen LogP contribution in [-0.2, 0) is 4.79 Å². The minimum Gasteiger partial charge on any atom is -0.423 e. The van der Waals surface area contributed by atoms with Gasteiger partial charge in [-0.05, 0) is 43.7 Å². The Morgan fingerprint density at radius 3 is 2.58 bits per heavy atom. The molecule has 26 heavy (non-hydrogen) atoms. The standard InChI is InChI=1S/C20H26N4O2/c25-19(13-14-11-15-5-6-16(12-14)21-15)23-7-9-24(10-8-23)20-22-17-3-1-2-4-18(17)26-20/h1-4,14-16,21H,5-13H2. The van der Waals surface area contributed by atoms with Crippen molar-refractivity contribution in [3.05, 3.63) is 24.3 Å². The van der Waals surface area contributed by atoms with E-state index in [-0.39, 0.29) is 0 Å². The number of benzene rings is 1. The third kappa shape index (κ3) is 3.07. The van der Waals surface area contributed by atoms with Gasteiger partial charge in [0.05, 0.1) is 0 Å². The summed E-state index contributed by atoms with van der Waals surface area (Å²) >= 11 is 0. The van der Waals surface area contributed by atoms with Gasteiger partial charge in [0.2, 0.25) is 5.91 Å². The van der Waals surface area contributed by atoms with Crippen LogP contribution in [0.25, 0.3) is 11.1 Å². The Labute approximate surface area is 153 Å². The summed E-state index contributed by atoms with van der Waals surface area (Å²) in [5, 5.41) is 3.66. The van der Waals surface area contributed by atoms with Gasteiger partial charge in [-0.1, -0.05) is 12.1 Å². The van der Waals surface area contributed by atoms with Gasteiger partial charge < -0.3 is 19.5 Å². The number of rotatable bonds is 3. The highest BCUT2D eigenvalue weighted by Gasteiger charge is 2.35. The number of oxazole rings is 1. The van der Waals surface area contributed by atoms with E-state index in [0.717, 1.165) is 43.7 Å². The van der Waals surface area contributed by atoms with Gasteiger partial charge in [0, 0.05) is 44.7 Å². The number of nitrogens with zero attached hydrogens (tertiary/aromatic N) is 3. The number of hydrogen-bond acceptors (Lipinski definition) is 5. The second kappa shape index (κ2) is 6.58. The maximum absolute atomic E-state index is 12.7. The summed E-state index contributed by atoms with van der Waals surface area (Å²) in [6.45, 7) is 3.09. The molecule has 1 aromatic carbocycles. The molecule has 1 N–H and O–H groups in total. The van der Waals surface area contributed by atoms with Crippen LogP contribution < -0.4 is 10.2 Å². The second-order valence-electron chi connectivity index (χ2n) is 8.01. The number of fused-ring (bicyclic) bond motifs is 3. The van der Waals surface area contributed by atoms with Crippen LogP contribution in [0.2, 0.25) is 0 Å². The molecule has 3 aliphatic heterocycles. The van der Waals surface area contributed by atoms with E-state index in [0.29, 0.717) is 29.9 Å². The molecule has 2 atom stereocenters. The van der Waals surface area contributed by atoms with E-state index in [9.17, 15) is 4.79 Å². The van der Waals surface area contributed by atoms with Crippen LogP contribution in [-0.4, -0.2) is 54.1 Å². The third-order valence-corrected chi connectivity index (χ3v) is 6.22. The van der Waals surface area contributed by atoms with Crippen LogP contribution in [0.3, 0.4) is 0 Å². The molecule has 1 aromatic heterocycles. The van der Waals surface area contributed by atoms with Crippen molar-refractivity contribution in [1.82, 2.24) is 15.2 Å². The summed E-state index contributed by atoms with van der Waals surface area (Å²) in [7, 11) is 0. The molecule has 0 saturated carbocycles. The number of piperidine rings is 1. The summed E-state index contributed by atoms with van der Waals surface area (Å²) in [5.41, 5.74) is 1.71. The van der Waals surface area contributed by atoms with Crippen LogP contribution in [0.15, 0.2) is 28.7 Å². The normalized spacial score (nSPS) is 28.7. The van der Waals surface area contributed by atoms with Crippen LogP contribution >= 0.6 is 0 Å². The Bertz CT molecular complexity index is 751. The number of hydrogen-bond donors (Lipinski definition) is 1. The van der Waals surface area contributed by atoms with Gasteiger partial charge in [0.1, 0.15) is 5.52 Å². The summed E-state index contributed by atoms with van der Waals surface area (Å²) in [5.74, 6) is 0.893. The fraction of sp³-hybridized carbons (Fsp3) is 0.600. The van der Waals surface area contributed by atoms with Crippen LogP contribution in [0.5, 0.6) is 0 Å². The molecule has 2 bridgehead atoms. The zero-order chi connectivity index (χ0) is 17.5. The van der Waals surface area contributed by atoms with E-state index in [4.69, 9.17) is 4.42 Å². The van der Waals surface area contributed by atoms with E-state index in [1.165, 1.54) is 25.7 Å². The van der Waals surface area contributed by atoms with Crippen molar-refractivity contribution in [1.29, 1.82) is 0 Å². The molecule has 0 radical (unpaired) electrons. The predicted octanol–water partition coefficient (Wildman–Crippen LogP) is 2.40. The molecule has 6 heteroatoms. The molecule has 3 saturated heterocycles. The lowest BCUT2D eigenvalue weighted by Crippen LogP contribution is -2.49. The second-order valence-corrected chi connectivity index (χ2v) is 8.01. The average Bonchev–Trinajstić information content (AvgIpc) is 3.24. The quantitative estimate of drug-likeness (QED) is 0.917. The zero-order valence-corrected chi connectivity index (χ0v) is 15.1. The number of para-hydroxylation sites is 2. The lowest BCUT2D eigenvalue weighted by molar-refractivity contribution is -0.132. The molecule has 0 aliphatic carbocycles. The van der Waals surface area contributed by atoms with Gasteiger partial charge in [0.15, 0.2) is 5.58 Å². The molecule has 1 amide bonds. The van der Waals surface area contributed by atoms with Gasteiger partial charge in [-0.15, -0.1) is 0 Å². The molecule has 2 aromatic rings. The topological polar surface area (TPSA) is 61.6 Å². The first-order chi connectivity index (χ1) is 12.7. The Hall–Kier alpha value is -2.08. The number of nitrogens with one attached hydrogen (secondary N) is 1. The van der Waals surface area contributed by atoms with Crippen molar-refractivity contribution in [3.8, 4) is 0 Å². The smallest absolute Gasteiger partial charge is 0.298 e. The summed E-state index contributed by atoms with van der Waals surface area (Å²) in [4.78, 5) is 21.5. The third-order valence-electron chi connectivity index (χ3n) is 6.22. The van der Waals surface area contributed by atoms with Crippen LogP contribution in [0.1, 0.15) is 32.1 Å². The fourth-order valence-corrected chi connectivity index (χ4v) is 4.86. The lowest BCUT2D eigenvalue weighted by atomic mass is 9.89. The first-order valence-electron chi connectivity index (χ1n) is 9.89. The van der Waals surface area contributed by atoms with Crippen molar-refractivity contribution in [2.45, 2.75) is 44.2 Å². The number of amides is 1. The maximum atomic E-state index is 12.7. The molecule has 0 spiro atoms. The molecule has 6 nitrogen and oxygen atoms in total. The van der Waals surface area contributed by atoms with Gasteiger partial charge in [-0.25, -0.2) is 0 Å². The Kier molecular flexibility index (Phi) is 4.08. The lowest BCUT2D eigenvalue weighted by Gasteiger charge is -2.35. The molecular formula is C20H26N4O2. The SMILES string of the molecule is O=C(CC1CC2CCC(C1)N2)N1CCN(c2nc3ccccc3o2)CC1. The number of anilines is 1. The molecule has 4 heterocycles. The summed E-state index contributed by atoms with van der Waals surface area (Å²) in [6.07, 6.45) is 5.64. The molecular weight excluding hydrogens is 328 g/mol. The van der Waals surface area contributed by atoms with Crippen molar-refractivity contribution < 1.29 is 9.21 Å². The van der Waals surface area contributed by atoms with E-state index < -0.39 is 0 Å². The average molecular weight is 354 g/mol. The highest BCUT2D eigenvalue weighted by atomic mass is 16.4. The molecule has 138 valence electrons. The van der Waals surface area contributed by atoms with E-state index in [2.05, 4.69) is 15.2 Å². The van der Waals surface area contributed by atoms with Crippen molar-refractivity contribution in [2.24, 2.45) is 5.92 Å². The van der Waals surface area contributed by atoms with E-state index in [1.807, 2.05) is 29.2 Å². The Morgan fingerprint density at radius 1 is 1.12 bits per heavy atom. The Morgan fingerprint density at radius 2 is 1.85 bits per heavy atom. The number of piperazine rings is 1. The molecule has 3 aliphatic rings. The number of aromatic nitrogens is 1. The minimum atomic E-state index is 0.327. The number of carbonyl (C=O) groups excluding carboxylic acids is 1. The Balaban J connectivity index is 1.17. The van der Waals surface area contributed by atoms with Crippen LogP contribution in [0.4, 0.5) is 6.01 Å². The van der Waals surface area contributed by atoms with Crippen LogP contribution in [0, 0.1) is 5.92 Å². The zero-order valence-electron chi connectivity index (χ0n) is 15.1. The highest BCUT2D eigenvalue weighted by Crippen LogP contribution is 2.33. The first kappa shape index (κ1) is 16.1. The van der Waals surface area contributed by atoms with Gasteiger partial charge >= 0.3 is 0 Å². The highest BCUT2D eigenvalue weighted by molar-refractivity contribution is 5.77. The summed E-state index contributed by atoms with van der Waals surface area (Å²) in [6, 6.07) is 9.82. The monoisotopic (exact) mass is 354 g/mol.